The lowest BCUT2D eigenvalue weighted by molar-refractivity contribution is -0.149. The maximum atomic E-state index is 12.1. The van der Waals surface area contributed by atoms with E-state index in [0.717, 1.165) is 5.56 Å². The Morgan fingerprint density at radius 3 is 2.62 bits per heavy atom. The van der Waals surface area contributed by atoms with E-state index >= 15 is 0 Å². The van der Waals surface area contributed by atoms with Crippen LogP contribution in [-0.4, -0.2) is 52.8 Å². The molecule has 1 aliphatic rings. The number of likely N-dealkylation sites (tertiary alicyclic amines) is 1. The number of amides is 1. The van der Waals surface area contributed by atoms with Crippen LogP contribution in [0.2, 0.25) is 0 Å². The number of carbonyl (C=O) groups excluding carboxylic acids is 2. The van der Waals surface area contributed by atoms with Crippen molar-refractivity contribution in [2.75, 3.05) is 13.7 Å². The Morgan fingerprint density at radius 2 is 2.00 bits per heavy atom. The Balaban J connectivity index is 2.08. The van der Waals surface area contributed by atoms with Crippen LogP contribution in [0.25, 0.3) is 6.08 Å². The molecule has 2 rings (SSSR count). The van der Waals surface area contributed by atoms with Crippen molar-refractivity contribution in [3.63, 3.8) is 0 Å². The van der Waals surface area contributed by atoms with E-state index in [9.17, 15) is 19.8 Å². The number of phenolic OH excluding ortho intramolecular Hbond substituents is 1. The van der Waals surface area contributed by atoms with Crippen LogP contribution in [0, 0.1) is 0 Å². The standard InChI is InChI=1S/C15H17NO5/c1-21-15(20)13-8-12(18)9-16(13)14(19)7-4-10-2-5-11(17)6-3-10/h2-7,12-13,17-18H,8-9H2,1H3/b7-4+. The predicted molar refractivity (Wildman–Crippen MR) is 75.3 cm³/mol. The Bertz CT molecular complexity index is 552. The van der Waals surface area contributed by atoms with E-state index in [1.54, 1.807) is 18.2 Å². The number of aliphatic hydroxyl groups is 1. The highest BCUT2D eigenvalue weighted by molar-refractivity contribution is 5.95. The maximum absolute atomic E-state index is 12.1. The smallest absolute Gasteiger partial charge is 0.328 e. The lowest BCUT2D eigenvalue weighted by Gasteiger charge is -2.20. The SMILES string of the molecule is COC(=O)C1CC(O)CN1C(=O)/C=C/c1ccc(O)cc1. The highest BCUT2D eigenvalue weighted by atomic mass is 16.5. The molecular weight excluding hydrogens is 274 g/mol. The Kier molecular flexibility index (Phi) is 4.59. The number of carbonyl (C=O) groups is 2. The van der Waals surface area contributed by atoms with E-state index in [4.69, 9.17) is 0 Å². The molecular formula is C15H17NO5. The summed E-state index contributed by atoms with van der Waals surface area (Å²) >= 11 is 0. The van der Waals surface area contributed by atoms with E-state index in [1.165, 1.54) is 30.2 Å². The van der Waals surface area contributed by atoms with Gasteiger partial charge in [-0.25, -0.2) is 4.79 Å². The topological polar surface area (TPSA) is 87.1 Å². The molecule has 0 saturated carbocycles. The summed E-state index contributed by atoms with van der Waals surface area (Å²) in [4.78, 5) is 25.0. The second-order valence-electron chi connectivity index (χ2n) is 4.84. The van der Waals surface area contributed by atoms with E-state index in [1.807, 2.05) is 0 Å². The third-order valence-electron chi connectivity index (χ3n) is 3.35. The van der Waals surface area contributed by atoms with Crippen molar-refractivity contribution in [2.45, 2.75) is 18.6 Å². The van der Waals surface area contributed by atoms with Crippen molar-refractivity contribution in [3.05, 3.63) is 35.9 Å². The first-order valence-electron chi connectivity index (χ1n) is 6.55. The summed E-state index contributed by atoms with van der Waals surface area (Å²) < 4.78 is 4.64. The zero-order chi connectivity index (χ0) is 15.4. The number of hydrogen-bond donors (Lipinski definition) is 2. The van der Waals surface area contributed by atoms with Crippen LogP contribution in [0.1, 0.15) is 12.0 Å². The molecule has 1 aliphatic heterocycles. The summed E-state index contributed by atoms with van der Waals surface area (Å²) in [5.41, 5.74) is 0.746. The van der Waals surface area contributed by atoms with E-state index in [-0.39, 0.29) is 24.6 Å². The predicted octanol–water partition coefficient (Wildman–Crippen LogP) is 0.540. The van der Waals surface area contributed by atoms with Crippen LogP contribution in [0.5, 0.6) is 5.75 Å². The van der Waals surface area contributed by atoms with Crippen molar-refractivity contribution in [2.24, 2.45) is 0 Å². The Hall–Kier alpha value is -2.34. The van der Waals surface area contributed by atoms with Gasteiger partial charge in [0.15, 0.2) is 0 Å². The number of aromatic hydroxyl groups is 1. The van der Waals surface area contributed by atoms with Gasteiger partial charge in [-0.05, 0) is 23.8 Å². The molecule has 2 atom stereocenters. The number of benzene rings is 1. The molecule has 1 aromatic rings. The minimum atomic E-state index is -0.748. The van der Waals surface area contributed by atoms with E-state index in [0.29, 0.717) is 0 Å². The normalized spacial score (nSPS) is 21.7. The number of hydrogen-bond acceptors (Lipinski definition) is 5. The summed E-state index contributed by atoms with van der Waals surface area (Å²) in [6.07, 6.45) is 2.38. The van der Waals surface area contributed by atoms with E-state index < -0.39 is 18.1 Å². The molecule has 112 valence electrons. The van der Waals surface area contributed by atoms with Crippen molar-refractivity contribution in [1.82, 2.24) is 4.90 Å². The summed E-state index contributed by atoms with van der Waals surface area (Å²) in [6.45, 7) is 0.110. The number of β-amino-alcohol motifs (C(OH)–C–C–N with tert-alkyl or cyclic N) is 1. The molecule has 6 nitrogen and oxygen atoms in total. The average molecular weight is 291 g/mol. The van der Waals surface area contributed by atoms with Crippen LogP contribution < -0.4 is 0 Å². The van der Waals surface area contributed by atoms with Crippen LogP contribution in [0.4, 0.5) is 0 Å². The fourth-order valence-corrected chi connectivity index (χ4v) is 2.27. The summed E-state index contributed by atoms with van der Waals surface area (Å²) in [6, 6.07) is 5.61. The highest BCUT2D eigenvalue weighted by Crippen LogP contribution is 2.20. The number of esters is 1. The van der Waals surface area contributed by atoms with Crippen LogP contribution in [-0.2, 0) is 14.3 Å². The molecule has 0 aromatic heterocycles. The highest BCUT2D eigenvalue weighted by Gasteiger charge is 2.38. The molecule has 6 heteroatoms. The number of phenols is 1. The molecule has 0 radical (unpaired) electrons. The van der Waals surface area contributed by atoms with Gasteiger partial charge in [0.2, 0.25) is 5.91 Å². The second kappa shape index (κ2) is 6.41. The lowest BCUT2D eigenvalue weighted by Crippen LogP contribution is -2.40. The van der Waals surface area contributed by atoms with Gasteiger partial charge < -0.3 is 19.8 Å². The molecule has 1 heterocycles. The average Bonchev–Trinajstić information content (AvgIpc) is 2.87. The van der Waals surface area contributed by atoms with Crippen molar-refractivity contribution >= 4 is 18.0 Å². The van der Waals surface area contributed by atoms with Crippen molar-refractivity contribution in [1.29, 1.82) is 0 Å². The first kappa shape index (κ1) is 15.1. The first-order valence-corrected chi connectivity index (χ1v) is 6.55. The van der Waals surface area contributed by atoms with Gasteiger partial charge in [-0.3, -0.25) is 4.79 Å². The van der Waals surface area contributed by atoms with E-state index in [2.05, 4.69) is 4.74 Å². The number of nitrogens with zero attached hydrogens (tertiary/aromatic N) is 1. The molecule has 21 heavy (non-hydrogen) atoms. The van der Waals surface area contributed by atoms with Crippen LogP contribution in [0.15, 0.2) is 30.3 Å². The zero-order valence-corrected chi connectivity index (χ0v) is 11.6. The Morgan fingerprint density at radius 1 is 1.33 bits per heavy atom. The van der Waals surface area contributed by atoms with Crippen LogP contribution in [0.3, 0.4) is 0 Å². The largest absolute Gasteiger partial charge is 0.508 e. The quantitative estimate of drug-likeness (QED) is 0.627. The summed E-state index contributed by atoms with van der Waals surface area (Å²) in [7, 11) is 1.25. The second-order valence-corrected chi connectivity index (χ2v) is 4.84. The molecule has 0 spiro atoms. The van der Waals surface area contributed by atoms with Gasteiger partial charge in [-0.15, -0.1) is 0 Å². The number of aliphatic hydroxyl groups excluding tert-OH is 1. The minimum Gasteiger partial charge on any atom is -0.508 e. The maximum Gasteiger partial charge on any atom is 0.328 e. The Labute approximate surface area is 122 Å². The molecule has 2 unspecified atom stereocenters. The van der Waals surface area contributed by atoms with Gasteiger partial charge in [0.25, 0.3) is 0 Å². The summed E-state index contributed by atoms with van der Waals surface area (Å²) in [5, 5.41) is 18.8. The fourth-order valence-electron chi connectivity index (χ4n) is 2.27. The van der Waals surface area contributed by atoms with Crippen molar-refractivity contribution in [3.8, 4) is 5.75 Å². The molecule has 1 fully saturated rings. The first-order chi connectivity index (χ1) is 10.0. The van der Waals surface area contributed by atoms with Gasteiger partial charge in [-0.2, -0.15) is 0 Å². The third kappa shape index (κ3) is 3.61. The van der Waals surface area contributed by atoms with Gasteiger partial charge in [0.1, 0.15) is 11.8 Å². The number of rotatable bonds is 3. The van der Waals surface area contributed by atoms with Gasteiger partial charge in [0, 0.05) is 19.0 Å². The summed E-state index contributed by atoms with van der Waals surface area (Å²) in [5.74, 6) is -0.750. The fraction of sp³-hybridized carbons (Fsp3) is 0.333. The molecule has 2 N–H and O–H groups in total. The van der Waals surface area contributed by atoms with Crippen molar-refractivity contribution < 1.29 is 24.5 Å². The van der Waals surface area contributed by atoms with Gasteiger partial charge in [0.05, 0.1) is 13.2 Å². The molecule has 1 aromatic carbocycles. The lowest BCUT2D eigenvalue weighted by atomic mass is 10.2. The molecule has 1 saturated heterocycles. The monoisotopic (exact) mass is 291 g/mol. The van der Waals surface area contributed by atoms with Gasteiger partial charge >= 0.3 is 5.97 Å². The zero-order valence-electron chi connectivity index (χ0n) is 11.6. The molecule has 1 amide bonds. The van der Waals surface area contributed by atoms with Crippen LogP contribution >= 0.6 is 0 Å². The molecule has 0 bridgehead atoms. The number of methoxy groups -OCH3 is 1. The van der Waals surface area contributed by atoms with Gasteiger partial charge in [-0.1, -0.05) is 12.1 Å². The third-order valence-corrected chi connectivity index (χ3v) is 3.35. The molecule has 0 aliphatic carbocycles. The minimum absolute atomic E-state index is 0.110. The number of ether oxygens (including phenoxy) is 1.